The fourth-order valence-corrected chi connectivity index (χ4v) is 2.05. The largest absolute Gasteiger partial charge is 0.481 e. The Balaban J connectivity index is 3.21. The number of rotatable bonds is 13. The maximum absolute atomic E-state index is 10.3. The lowest BCUT2D eigenvalue weighted by molar-refractivity contribution is -0.139. The van der Waals surface area contributed by atoms with E-state index in [-0.39, 0.29) is 6.42 Å². The van der Waals surface area contributed by atoms with E-state index in [2.05, 4.69) is 19.1 Å². The first-order valence-corrected chi connectivity index (χ1v) is 7.71. The Hall–Kier alpha value is -0.830. The molecule has 0 aliphatic carbocycles. The SMILES string of the molecule is CCCCCC/C=C\CCCCCC(O)CC(=O)O. The molecule has 19 heavy (non-hydrogen) atoms. The minimum absolute atomic E-state index is 0.127. The zero-order valence-corrected chi connectivity index (χ0v) is 12.3. The van der Waals surface area contributed by atoms with Crippen molar-refractivity contribution >= 4 is 5.97 Å². The van der Waals surface area contributed by atoms with Crippen molar-refractivity contribution in [1.29, 1.82) is 0 Å². The molecule has 0 radical (unpaired) electrons. The van der Waals surface area contributed by atoms with Crippen LogP contribution in [0.25, 0.3) is 0 Å². The Bertz CT molecular complexity index is 236. The van der Waals surface area contributed by atoms with Crippen molar-refractivity contribution in [2.45, 2.75) is 83.7 Å². The number of carboxylic acid groups (broad SMARTS) is 1. The van der Waals surface area contributed by atoms with E-state index in [0.717, 1.165) is 25.7 Å². The lowest BCUT2D eigenvalue weighted by atomic mass is 10.1. The van der Waals surface area contributed by atoms with Gasteiger partial charge in [0.1, 0.15) is 0 Å². The standard InChI is InChI=1S/C16H30O3/c1-2-3-4-5-6-7-8-9-10-11-12-13-15(17)14-16(18)19/h7-8,15,17H,2-6,9-14H2,1H3,(H,18,19)/b8-7-. The van der Waals surface area contributed by atoms with Crippen LogP contribution in [0.4, 0.5) is 0 Å². The summed E-state index contributed by atoms with van der Waals surface area (Å²) in [5.74, 6) is -0.918. The monoisotopic (exact) mass is 270 g/mol. The summed E-state index contributed by atoms with van der Waals surface area (Å²) in [6, 6.07) is 0. The zero-order chi connectivity index (χ0) is 14.3. The number of allylic oxidation sites excluding steroid dienone is 2. The molecule has 0 aliphatic rings. The lowest BCUT2D eigenvalue weighted by Gasteiger charge is -2.06. The minimum Gasteiger partial charge on any atom is -0.481 e. The van der Waals surface area contributed by atoms with E-state index in [0.29, 0.717) is 6.42 Å². The number of hydrogen-bond acceptors (Lipinski definition) is 2. The second-order valence-electron chi connectivity index (χ2n) is 5.21. The van der Waals surface area contributed by atoms with Crippen LogP contribution in [0.2, 0.25) is 0 Å². The number of carbonyl (C=O) groups is 1. The molecule has 0 spiro atoms. The quantitative estimate of drug-likeness (QED) is 0.387. The van der Waals surface area contributed by atoms with Crippen LogP contribution in [0.15, 0.2) is 12.2 Å². The number of carboxylic acids is 1. The normalized spacial score (nSPS) is 12.9. The number of aliphatic hydroxyl groups is 1. The highest BCUT2D eigenvalue weighted by atomic mass is 16.4. The highest BCUT2D eigenvalue weighted by Crippen LogP contribution is 2.09. The molecule has 0 saturated carbocycles. The molecule has 0 saturated heterocycles. The molecule has 2 N–H and O–H groups in total. The van der Waals surface area contributed by atoms with Crippen LogP contribution in [0, 0.1) is 0 Å². The molecule has 0 aliphatic heterocycles. The second-order valence-corrected chi connectivity index (χ2v) is 5.21. The third kappa shape index (κ3) is 15.1. The van der Waals surface area contributed by atoms with Crippen molar-refractivity contribution in [3.8, 4) is 0 Å². The van der Waals surface area contributed by atoms with E-state index in [1.807, 2.05) is 0 Å². The molecule has 0 fully saturated rings. The van der Waals surface area contributed by atoms with Gasteiger partial charge in [0.2, 0.25) is 0 Å². The van der Waals surface area contributed by atoms with Crippen LogP contribution in [-0.2, 0) is 4.79 Å². The molecule has 1 unspecified atom stereocenters. The highest BCUT2D eigenvalue weighted by Gasteiger charge is 2.08. The van der Waals surface area contributed by atoms with Gasteiger partial charge in [-0.05, 0) is 32.1 Å². The van der Waals surface area contributed by atoms with Gasteiger partial charge in [-0.3, -0.25) is 4.79 Å². The molecule has 0 amide bonds. The van der Waals surface area contributed by atoms with Gasteiger partial charge in [-0.25, -0.2) is 0 Å². The maximum Gasteiger partial charge on any atom is 0.305 e. The Morgan fingerprint density at radius 3 is 2.11 bits per heavy atom. The van der Waals surface area contributed by atoms with Crippen molar-refractivity contribution in [1.82, 2.24) is 0 Å². The van der Waals surface area contributed by atoms with Crippen molar-refractivity contribution in [3.05, 3.63) is 12.2 Å². The first kappa shape index (κ1) is 18.2. The van der Waals surface area contributed by atoms with Crippen LogP contribution in [0.3, 0.4) is 0 Å². The summed E-state index contributed by atoms with van der Waals surface area (Å²) in [5.41, 5.74) is 0. The van der Waals surface area contributed by atoms with Crippen LogP contribution in [-0.4, -0.2) is 22.3 Å². The molecule has 0 bridgehead atoms. The van der Waals surface area contributed by atoms with E-state index < -0.39 is 12.1 Å². The van der Waals surface area contributed by atoms with E-state index >= 15 is 0 Å². The van der Waals surface area contributed by atoms with Crippen molar-refractivity contribution < 1.29 is 15.0 Å². The van der Waals surface area contributed by atoms with Gasteiger partial charge in [0.05, 0.1) is 12.5 Å². The Kier molecular flexibility index (Phi) is 13.0. The van der Waals surface area contributed by atoms with Gasteiger partial charge in [0.25, 0.3) is 0 Å². The summed E-state index contributed by atoms with van der Waals surface area (Å²) in [5, 5.41) is 17.9. The summed E-state index contributed by atoms with van der Waals surface area (Å²) in [7, 11) is 0. The first-order valence-electron chi connectivity index (χ1n) is 7.71. The van der Waals surface area contributed by atoms with E-state index in [1.165, 1.54) is 32.1 Å². The molecular formula is C16H30O3. The third-order valence-corrected chi connectivity index (χ3v) is 3.21. The molecule has 1 atom stereocenters. The van der Waals surface area contributed by atoms with Crippen LogP contribution < -0.4 is 0 Å². The van der Waals surface area contributed by atoms with Gasteiger partial charge in [-0.1, -0.05) is 51.2 Å². The second kappa shape index (κ2) is 13.6. The van der Waals surface area contributed by atoms with Crippen LogP contribution >= 0.6 is 0 Å². The summed E-state index contributed by atoms with van der Waals surface area (Å²) in [4.78, 5) is 10.3. The highest BCUT2D eigenvalue weighted by molar-refractivity contribution is 5.67. The maximum atomic E-state index is 10.3. The van der Waals surface area contributed by atoms with Gasteiger partial charge in [-0.2, -0.15) is 0 Å². The fraction of sp³-hybridized carbons (Fsp3) is 0.812. The van der Waals surface area contributed by atoms with E-state index in [1.54, 1.807) is 0 Å². The Morgan fingerprint density at radius 2 is 1.58 bits per heavy atom. The van der Waals surface area contributed by atoms with Gasteiger partial charge >= 0.3 is 5.97 Å². The molecule has 3 nitrogen and oxygen atoms in total. The number of aliphatic hydroxyl groups excluding tert-OH is 1. The molecular weight excluding hydrogens is 240 g/mol. The molecule has 112 valence electrons. The zero-order valence-electron chi connectivity index (χ0n) is 12.3. The van der Waals surface area contributed by atoms with Gasteiger partial charge < -0.3 is 10.2 Å². The molecule has 0 rings (SSSR count). The lowest BCUT2D eigenvalue weighted by Crippen LogP contribution is -2.12. The van der Waals surface area contributed by atoms with E-state index in [9.17, 15) is 9.90 Å². The number of hydrogen-bond donors (Lipinski definition) is 2. The summed E-state index contributed by atoms with van der Waals surface area (Å²) >= 11 is 0. The fourth-order valence-electron chi connectivity index (χ4n) is 2.05. The van der Waals surface area contributed by atoms with Crippen LogP contribution in [0.1, 0.15) is 77.6 Å². The summed E-state index contributed by atoms with van der Waals surface area (Å²) < 4.78 is 0. The number of unbranched alkanes of at least 4 members (excludes halogenated alkanes) is 7. The minimum atomic E-state index is -0.918. The van der Waals surface area contributed by atoms with Crippen molar-refractivity contribution in [3.63, 3.8) is 0 Å². The van der Waals surface area contributed by atoms with Crippen molar-refractivity contribution in [2.75, 3.05) is 0 Å². The molecule has 0 aromatic rings. The average molecular weight is 270 g/mol. The summed E-state index contributed by atoms with van der Waals surface area (Å²) in [6.45, 7) is 2.23. The smallest absolute Gasteiger partial charge is 0.305 e. The van der Waals surface area contributed by atoms with Gasteiger partial charge in [-0.15, -0.1) is 0 Å². The number of aliphatic carboxylic acids is 1. The predicted molar refractivity (Wildman–Crippen MR) is 79.2 cm³/mol. The van der Waals surface area contributed by atoms with Gasteiger partial charge in [0.15, 0.2) is 0 Å². The van der Waals surface area contributed by atoms with E-state index in [4.69, 9.17) is 5.11 Å². The third-order valence-electron chi connectivity index (χ3n) is 3.21. The molecule has 0 aromatic heterocycles. The molecule has 0 aromatic carbocycles. The first-order chi connectivity index (χ1) is 9.16. The van der Waals surface area contributed by atoms with Crippen molar-refractivity contribution in [2.24, 2.45) is 0 Å². The molecule has 3 heteroatoms. The van der Waals surface area contributed by atoms with Crippen LogP contribution in [0.5, 0.6) is 0 Å². The average Bonchev–Trinajstić information content (AvgIpc) is 2.35. The summed E-state index contributed by atoms with van der Waals surface area (Å²) in [6.07, 6.45) is 15.0. The Labute approximate surface area is 117 Å². The Morgan fingerprint density at radius 1 is 1.00 bits per heavy atom. The topological polar surface area (TPSA) is 57.5 Å². The molecule has 0 heterocycles. The van der Waals surface area contributed by atoms with Gasteiger partial charge in [0, 0.05) is 0 Å². The predicted octanol–water partition coefficient (Wildman–Crippen LogP) is 4.30.